The topological polar surface area (TPSA) is 40.5 Å². The van der Waals surface area contributed by atoms with E-state index in [-0.39, 0.29) is 5.91 Å². The fourth-order valence-electron chi connectivity index (χ4n) is 0.936. The van der Waals surface area contributed by atoms with Crippen molar-refractivity contribution in [3.05, 3.63) is 0 Å². The van der Waals surface area contributed by atoms with Gasteiger partial charge in [-0.05, 0) is 19.8 Å². The Morgan fingerprint density at radius 2 is 2.20 bits per heavy atom. The molecule has 1 aliphatic rings. The highest BCUT2D eigenvalue weighted by atomic mass is 16.3. The molecule has 0 aliphatic heterocycles. The van der Waals surface area contributed by atoms with Crippen molar-refractivity contribution in [3.63, 3.8) is 0 Å². The molecule has 1 atom stereocenters. The summed E-state index contributed by atoms with van der Waals surface area (Å²) in [5.41, 5.74) is 0. The Bertz CT molecular complexity index is 141. The van der Waals surface area contributed by atoms with Crippen molar-refractivity contribution in [2.24, 2.45) is 0 Å². The number of hydrogen-bond acceptors (Lipinski definition) is 2. The predicted molar refractivity (Wildman–Crippen MR) is 37.5 cm³/mol. The minimum atomic E-state index is -0.842. The van der Waals surface area contributed by atoms with Crippen LogP contribution in [0.15, 0.2) is 0 Å². The van der Waals surface area contributed by atoms with Gasteiger partial charge < -0.3 is 10.0 Å². The molecule has 1 amide bonds. The first-order chi connectivity index (χ1) is 4.63. The van der Waals surface area contributed by atoms with Crippen LogP contribution in [0.5, 0.6) is 0 Å². The van der Waals surface area contributed by atoms with Crippen molar-refractivity contribution in [2.75, 3.05) is 7.05 Å². The van der Waals surface area contributed by atoms with Crippen molar-refractivity contribution in [1.29, 1.82) is 0 Å². The van der Waals surface area contributed by atoms with Crippen LogP contribution in [0.4, 0.5) is 0 Å². The summed E-state index contributed by atoms with van der Waals surface area (Å²) in [6.45, 7) is 1.50. The summed E-state index contributed by atoms with van der Waals surface area (Å²) in [4.78, 5) is 12.6. The minimum Gasteiger partial charge on any atom is -0.384 e. The molecule has 10 heavy (non-hydrogen) atoms. The first-order valence-corrected chi connectivity index (χ1v) is 3.57. The lowest BCUT2D eigenvalue weighted by atomic mass is 10.3. The number of carbonyl (C=O) groups excluding carboxylic acids is 1. The fraction of sp³-hybridized carbons (Fsp3) is 0.857. The summed E-state index contributed by atoms with van der Waals surface area (Å²) < 4.78 is 0. The van der Waals surface area contributed by atoms with Crippen LogP contribution in [0.1, 0.15) is 19.8 Å². The molecule has 3 heteroatoms. The third kappa shape index (κ3) is 1.48. The van der Waals surface area contributed by atoms with E-state index in [4.69, 9.17) is 5.11 Å². The zero-order chi connectivity index (χ0) is 7.72. The Balaban J connectivity index is 2.38. The van der Waals surface area contributed by atoms with Gasteiger partial charge in [-0.3, -0.25) is 4.79 Å². The second kappa shape index (κ2) is 2.58. The quantitative estimate of drug-likeness (QED) is 0.590. The monoisotopic (exact) mass is 143 g/mol. The number of carbonyl (C=O) groups is 1. The van der Waals surface area contributed by atoms with Gasteiger partial charge >= 0.3 is 0 Å². The first kappa shape index (κ1) is 7.54. The van der Waals surface area contributed by atoms with E-state index in [1.807, 2.05) is 0 Å². The predicted octanol–water partition coefficient (Wildman–Crippen LogP) is -0.0120. The molecule has 1 saturated carbocycles. The number of aliphatic hydroxyl groups excluding tert-OH is 1. The lowest BCUT2D eigenvalue weighted by molar-refractivity contribution is -0.138. The number of nitrogens with zero attached hydrogens (tertiary/aromatic N) is 1. The normalized spacial score (nSPS) is 20.3. The lowest BCUT2D eigenvalue weighted by Gasteiger charge is -2.17. The maximum atomic E-state index is 11.0. The van der Waals surface area contributed by atoms with E-state index < -0.39 is 6.10 Å². The Morgan fingerprint density at radius 3 is 2.50 bits per heavy atom. The number of amides is 1. The van der Waals surface area contributed by atoms with E-state index in [0.29, 0.717) is 6.04 Å². The van der Waals surface area contributed by atoms with Crippen molar-refractivity contribution in [2.45, 2.75) is 31.9 Å². The molecule has 1 rings (SSSR count). The summed E-state index contributed by atoms with van der Waals surface area (Å²) in [6, 6.07) is 0.405. The number of aliphatic hydroxyl groups is 1. The standard InChI is InChI=1S/C7H13NO2/c1-5(9)7(10)8(2)6-3-4-6/h5-6,9H,3-4H2,1-2H3/t5-/m1/s1. The molecule has 0 radical (unpaired) electrons. The molecule has 0 spiro atoms. The molecule has 0 aromatic carbocycles. The van der Waals surface area contributed by atoms with Crippen LogP contribution in [-0.4, -0.2) is 35.1 Å². The van der Waals surface area contributed by atoms with E-state index in [1.165, 1.54) is 6.92 Å². The molecule has 0 aromatic rings. The minimum absolute atomic E-state index is 0.164. The van der Waals surface area contributed by atoms with Crippen molar-refractivity contribution in [1.82, 2.24) is 4.90 Å². The van der Waals surface area contributed by atoms with Crippen LogP contribution in [0.25, 0.3) is 0 Å². The first-order valence-electron chi connectivity index (χ1n) is 3.57. The SMILES string of the molecule is C[C@@H](O)C(=O)N(C)C1CC1. The van der Waals surface area contributed by atoms with Crippen LogP contribution in [0, 0.1) is 0 Å². The highest BCUT2D eigenvalue weighted by molar-refractivity contribution is 5.80. The van der Waals surface area contributed by atoms with Gasteiger partial charge in [0.1, 0.15) is 6.10 Å². The molecular formula is C7H13NO2. The van der Waals surface area contributed by atoms with Gasteiger partial charge in [-0.25, -0.2) is 0 Å². The molecule has 1 fully saturated rings. The summed E-state index contributed by atoms with van der Waals surface area (Å²) in [5.74, 6) is -0.164. The average molecular weight is 143 g/mol. The van der Waals surface area contributed by atoms with Gasteiger partial charge in [-0.15, -0.1) is 0 Å². The van der Waals surface area contributed by atoms with Crippen molar-refractivity contribution >= 4 is 5.91 Å². The summed E-state index contributed by atoms with van der Waals surface area (Å²) in [6.07, 6.45) is 1.34. The second-order valence-corrected chi connectivity index (χ2v) is 2.86. The highest BCUT2D eigenvalue weighted by Gasteiger charge is 2.30. The van der Waals surface area contributed by atoms with Crippen molar-refractivity contribution < 1.29 is 9.90 Å². The zero-order valence-corrected chi connectivity index (χ0v) is 6.37. The van der Waals surface area contributed by atoms with Crippen molar-refractivity contribution in [3.8, 4) is 0 Å². The second-order valence-electron chi connectivity index (χ2n) is 2.86. The van der Waals surface area contributed by atoms with E-state index in [1.54, 1.807) is 11.9 Å². The molecule has 58 valence electrons. The Labute approximate surface area is 60.6 Å². The van der Waals surface area contributed by atoms with E-state index in [0.717, 1.165) is 12.8 Å². The highest BCUT2D eigenvalue weighted by Crippen LogP contribution is 2.25. The molecule has 0 aromatic heterocycles. The smallest absolute Gasteiger partial charge is 0.251 e. The summed E-state index contributed by atoms with van der Waals surface area (Å²) >= 11 is 0. The van der Waals surface area contributed by atoms with Crippen LogP contribution in [0.3, 0.4) is 0 Å². The molecular weight excluding hydrogens is 130 g/mol. The third-order valence-electron chi connectivity index (χ3n) is 1.80. The maximum absolute atomic E-state index is 11.0. The maximum Gasteiger partial charge on any atom is 0.251 e. The van der Waals surface area contributed by atoms with Crippen LogP contribution in [0.2, 0.25) is 0 Å². The van der Waals surface area contributed by atoms with Gasteiger partial charge in [0.2, 0.25) is 0 Å². The lowest BCUT2D eigenvalue weighted by Crippen LogP contribution is -2.36. The van der Waals surface area contributed by atoms with Gasteiger partial charge in [-0.2, -0.15) is 0 Å². The Morgan fingerprint density at radius 1 is 1.70 bits per heavy atom. The van der Waals surface area contributed by atoms with Crippen LogP contribution in [-0.2, 0) is 4.79 Å². The summed E-state index contributed by atoms with van der Waals surface area (Å²) in [7, 11) is 1.74. The fourth-order valence-corrected chi connectivity index (χ4v) is 0.936. The van der Waals surface area contributed by atoms with E-state index >= 15 is 0 Å². The molecule has 0 saturated heterocycles. The van der Waals surface area contributed by atoms with Crippen LogP contribution < -0.4 is 0 Å². The van der Waals surface area contributed by atoms with Crippen LogP contribution >= 0.6 is 0 Å². The largest absolute Gasteiger partial charge is 0.384 e. The van der Waals surface area contributed by atoms with Gasteiger partial charge in [0, 0.05) is 13.1 Å². The number of rotatable bonds is 2. The Hall–Kier alpha value is -0.570. The summed E-state index contributed by atoms with van der Waals surface area (Å²) in [5, 5.41) is 8.88. The van der Waals surface area contributed by atoms with Gasteiger partial charge in [-0.1, -0.05) is 0 Å². The number of hydrogen-bond donors (Lipinski definition) is 1. The van der Waals surface area contributed by atoms with Gasteiger partial charge in [0.05, 0.1) is 0 Å². The molecule has 1 N–H and O–H groups in total. The molecule has 0 heterocycles. The average Bonchev–Trinajstić information content (AvgIpc) is 2.65. The molecule has 3 nitrogen and oxygen atoms in total. The van der Waals surface area contributed by atoms with Gasteiger partial charge in [0.15, 0.2) is 0 Å². The molecule has 0 unspecified atom stereocenters. The zero-order valence-electron chi connectivity index (χ0n) is 6.37. The molecule has 1 aliphatic carbocycles. The Kier molecular flexibility index (Phi) is 1.94. The van der Waals surface area contributed by atoms with Gasteiger partial charge in [0.25, 0.3) is 5.91 Å². The van der Waals surface area contributed by atoms with E-state index in [9.17, 15) is 4.79 Å². The third-order valence-corrected chi connectivity index (χ3v) is 1.80. The van der Waals surface area contributed by atoms with E-state index in [2.05, 4.69) is 0 Å². The number of likely N-dealkylation sites (N-methyl/N-ethyl adjacent to an activating group) is 1. The molecule has 0 bridgehead atoms.